The van der Waals surface area contributed by atoms with E-state index in [-0.39, 0.29) is 10.6 Å². The quantitative estimate of drug-likeness (QED) is 0.808. The van der Waals surface area contributed by atoms with Gasteiger partial charge in [-0.3, -0.25) is 4.90 Å². The highest BCUT2D eigenvalue weighted by molar-refractivity contribution is 7.89. The molecule has 0 amide bonds. The average molecular weight is 392 g/mol. The Bertz CT molecular complexity index is 921. The predicted octanol–water partition coefficient (Wildman–Crippen LogP) is 1.92. The molecule has 1 heterocycles. The molecule has 0 aliphatic carbocycles. The van der Waals surface area contributed by atoms with Crippen molar-refractivity contribution in [3.8, 4) is 17.2 Å². The van der Waals surface area contributed by atoms with Crippen LogP contribution in [0.1, 0.15) is 16.7 Å². The Labute approximate surface area is 159 Å². The molecule has 0 unspecified atom stereocenters. The number of benzene rings is 2. The van der Waals surface area contributed by atoms with E-state index in [9.17, 15) is 8.42 Å². The summed E-state index contributed by atoms with van der Waals surface area (Å²) in [5, 5.41) is 5.31. The van der Waals surface area contributed by atoms with E-state index in [0.717, 1.165) is 47.7 Å². The van der Waals surface area contributed by atoms with Gasteiger partial charge in [-0.05, 0) is 47.4 Å². The van der Waals surface area contributed by atoms with Crippen molar-refractivity contribution in [2.24, 2.45) is 5.14 Å². The van der Waals surface area contributed by atoms with Crippen LogP contribution in [-0.4, -0.2) is 41.2 Å². The number of hydrogen-bond donors (Lipinski definition) is 1. The maximum atomic E-state index is 11.8. The molecule has 0 saturated carbocycles. The number of sulfonamides is 1. The molecule has 3 rings (SSSR count). The minimum Gasteiger partial charge on any atom is -0.497 e. The Balaban J connectivity index is 1.85. The largest absolute Gasteiger partial charge is 0.497 e. The second kappa shape index (κ2) is 7.75. The Hall–Kier alpha value is -2.29. The minimum absolute atomic E-state index is 0.0368. The molecule has 1 aliphatic rings. The van der Waals surface area contributed by atoms with Crippen molar-refractivity contribution in [2.75, 3.05) is 27.9 Å². The molecule has 27 heavy (non-hydrogen) atoms. The maximum Gasteiger partial charge on any atom is 0.241 e. The first kappa shape index (κ1) is 19.5. The summed E-state index contributed by atoms with van der Waals surface area (Å²) in [5.74, 6) is 1.78. The number of ether oxygens (including phenoxy) is 3. The summed E-state index contributed by atoms with van der Waals surface area (Å²) in [7, 11) is 0.881. The fourth-order valence-corrected chi connectivity index (χ4v) is 4.08. The van der Waals surface area contributed by atoms with E-state index >= 15 is 0 Å². The Morgan fingerprint density at radius 3 is 2.19 bits per heavy atom. The van der Waals surface area contributed by atoms with Crippen molar-refractivity contribution in [3.05, 3.63) is 47.0 Å². The van der Waals surface area contributed by atoms with Crippen LogP contribution in [0.4, 0.5) is 0 Å². The van der Waals surface area contributed by atoms with Crippen molar-refractivity contribution in [1.82, 2.24) is 4.90 Å². The monoisotopic (exact) mass is 392 g/mol. The second-order valence-corrected chi connectivity index (χ2v) is 8.03. The number of nitrogens with zero attached hydrogens (tertiary/aromatic N) is 1. The number of rotatable bonds is 6. The highest BCUT2D eigenvalue weighted by Crippen LogP contribution is 2.31. The molecule has 0 saturated heterocycles. The van der Waals surface area contributed by atoms with Gasteiger partial charge < -0.3 is 14.2 Å². The molecule has 2 N–H and O–H groups in total. The fraction of sp³-hybridized carbons (Fsp3) is 0.368. The van der Waals surface area contributed by atoms with E-state index in [1.807, 2.05) is 18.2 Å². The first-order valence-corrected chi connectivity index (χ1v) is 10.1. The van der Waals surface area contributed by atoms with Crippen molar-refractivity contribution in [1.29, 1.82) is 0 Å². The first-order valence-electron chi connectivity index (χ1n) is 8.51. The summed E-state index contributed by atoms with van der Waals surface area (Å²) in [4.78, 5) is 2.32. The lowest BCUT2D eigenvalue weighted by Crippen LogP contribution is -2.30. The fourth-order valence-electron chi connectivity index (χ4n) is 3.36. The van der Waals surface area contributed by atoms with Gasteiger partial charge in [0, 0.05) is 25.7 Å². The molecule has 2 aromatic carbocycles. The standard InChI is InChI=1S/C19H24N2O5S/c1-24-16-6-13(7-17(10-16)25-2)11-21-5-4-14-9-19(27(20,22)23)18(26-3)8-15(14)12-21/h6-10H,4-5,11-12H2,1-3H3,(H2,20,22,23). The van der Waals surface area contributed by atoms with Crippen LogP contribution in [0, 0.1) is 0 Å². The molecule has 0 spiro atoms. The van der Waals surface area contributed by atoms with Gasteiger partial charge in [-0.15, -0.1) is 0 Å². The summed E-state index contributed by atoms with van der Waals surface area (Å²) >= 11 is 0. The van der Waals surface area contributed by atoms with Crippen LogP contribution in [0.5, 0.6) is 17.2 Å². The van der Waals surface area contributed by atoms with E-state index in [1.54, 1.807) is 26.4 Å². The normalized spacial score (nSPS) is 14.5. The Morgan fingerprint density at radius 2 is 1.63 bits per heavy atom. The lowest BCUT2D eigenvalue weighted by atomic mass is 9.99. The maximum absolute atomic E-state index is 11.8. The molecule has 1 aliphatic heterocycles. The smallest absolute Gasteiger partial charge is 0.241 e. The van der Waals surface area contributed by atoms with Gasteiger partial charge in [0.05, 0.1) is 21.3 Å². The summed E-state index contributed by atoms with van der Waals surface area (Å²) < 4.78 is 39.5. The third kappa shape index (κ3) is 4.35. The van der Waals surface area contributed by atoms with Crippen LogP contribution < -0.4 is 19.3 Å². The van der Waals surface area contributed by atoms with Gasteiger partial charge in [-0.2, -0.15) is 0 Å². The number of methoxy groups -OCH3 is 3. The summed E-state index contributed by atoms with van der Waals surface area (Å²) in [6.45, 7) is 2.23. The molecule has 0 atom stereocenters. The SMILES string of the molecule is COc1cc(CN2CCc3cc(S(N)(=O)=O)c(OC)cc3C2)cc(OC)c1. The third-order valence-electron chi connectivity index (χ3n) is 4.70. The van der Waals surface area contributed by atoms with Gasteiger partial charge in [0.25, 0.3) is 0 Å². The van der Waals surface area contributed by atoms with E-state index in [4.69, 9.17) is 19.3 Å². The number of fused-ring (bicyclic) bond motifs is 1. The summed E-state index contributed by atoms with van der Waals surface area (Å²) in [6, 6.07) is 9.23. The van der Waals surface area contributed by atoms with Crippen molar-refractivity contribution in [2.45, 2.75) is 24.4 Å². The highest BCUT2D eigenvalue weighted by Gasteiger charge is 2.23. The summed E-state index contributed by atoms with van der Waals surface area (Å²) in [6.07, 6.45) is 0.739. The second-order valence-electron chi connectivity index (χ2n) is 6.50. The zero-order valence-corrected chi connectivity index (χ0v) is 16.5. The molecule has 0 bridgehead atoms. The topological polar surface area (TPSA) is 91.1 Å². The van der Waals surface area contributed by atoms with Gasteiger partial charge in [0.2, 0.25) is 10.0 Å². The van der Waals surface area contributed by atoms with Crippen molar-refractivity contribution >= 4 is 10.0 Å². The molecule has 0 radical (unpaired) electrons. The van der Waals surface area contributed by atoms with Crippen LogP contribution in [0.3, 0.4) is 0 Å². The van der Waals surface area contributed by atoms with Crippen LogP contribution in [0.25, 0.3) is 0 Å². The van der Waals surface area contributed by atoms with Crippen LogP contribution in [-0.2, 0) is 29.5 Å². The number of primary sulfonamides is 1. The number of hydrogen-bond acceptors (Lipinski definition) is 6. The van der Waals surface area contributed by atoms with Crippen molar-refractivity contribution < 1.29 is 22.6 Å². The summed E-state index contributed by atoms with van der Waals surface area (Å²) in [5.41, 5.74) is 3.11. The zero-order chi connectivity index (χ0) is 19.6. The molecule has 7 nitrogen and oxygen atoms in total. The number of nitrogens with two attached hydrogens (primary N) is 1. The highest BCUT2D eigenvalue weighted by atomic mass is 32.2. The van der Waals surface area contributed by atoms with Crippen LogP contribution >= 0.6 is 0 Å². The van der Waals surface area contributed by atoms with Gasteiger partial charge in [0.1, 0.15) is 22.1 Å². The zero-order valence-electron chi connectivity index (χ0n) is 15.7. The average Bonchev–Trinajstić information content (AvgIpc) is 2.65. The van der Waals surface area contributed by atoms with E-state index < -0.39 is 10.0 Å². The van der Waals surface area contributed by atoms with E-state index in [0.29, 0.717) is 6.54 Å². The lowest BCUT2D eigenvalue weighted by Gasteiger charge is -2.29. The van der Waals surface area contributed by atoms with Gasteiger partial charge in [-0.1, -0.05) is 0 Å². The van der Waals surface area contributed by atoms with Gasteiger partial charge >= 0.3 is 0 Å². The Morgan fingerprint density at radius 1 is 0.963 bits per heavy atom. The first-order chi connectivity index (χ1) is 12.8. The minimum atomic E-state index is -3.82. The third-order valence-corrected chi connectivity index (χ3v) is 5.63. The predicted molar refractivity (Wildman–Crippen MR) is 102 cm³/mol. The van der Waals surface area contributed by atoms with E-state index in [1.165, 1.54) is 7.11 Å². The van der Waals surface area contributed by atoms with Gasteiger partial charge in [0.15, 0.2) is 0 Å². The lowest BCUT2D eigenvalue weighted by molar-refractivity contribution is 0.244. The molecular formula is C19H24N2O5S. The molecule has 2 aromatic rings. The Kier molecular flexibility index (Phi) is 5.59. The molecular weight excluding hydrogens is 368 g/mol. The van der Waals surface area contributed by atoms with Crippen molar-refractivity contribution in [3.63, 3.8) is 0 Å². The molecule has 8 heteroatoms. The van der Waals surface area contributed by atoms with Crippen LogP contribution in [0.2, 0.25) is 0 Å². The molecule has 146 valence electrons. The van der Waals surface area contributed by atoms with Gasteiger partial charge in [-0.25, -0.2) is 13.6 Å². The van der Waals surface area contributed by atoms with Crippen LogP contribution in [0.15, 0.2) is 35.2 Å². The molecule has 0 fully saturated rings. The van der Waals surface area contributed by atoms with E-state index in [2.05, 4.69) is 4.90 Å². The molecule has 0 aromatic heterocycles.